The minimum absolute atomic E-state index is 0.0622. The average Bonchev–Trinajstić information content (AvgIpc) is 2.92. The molecule has 22 heavy (non-hydrogen) atoms. The molecule has 0 bridgehead atoms. The van der Waals surface area contributed by atoms with Gasteiger partial charge in [-0.05, 0) is 41.8 Å². The van der Waals surface area contributed by atoms with Crippen molar-refractivity contribution < 1.29 is 13.2 Å². The van der Waals surface area contributed by atoms with Gasteiger partial charge in [-0.3, -0.25) is 4.79 Å². The fraction of sp³-hybridized carbons (Fsp3) is 0.538. The first-order valence-electron chi connectivity index (χ1n) is 6.97. The standard InChI is InChI=1S/C13H18BrN3O3S2/c1-2-22(19,20)17-5-3-4-10(8-17)13(18)16-15-7-12-6-11(14)9-21-12/h6-7,9-10H,2-5,8H2,1H3,(H,16,18)/b15-7-/t10-/m0/s1. The van der Waals surface area contributed by atoms with Crippen LogP contribution in [0.5, 0.6) is 0 Å². The number of piperidine rings is 1. The molecule has 1 saturated heterocycles. The number of carbonyl (C=O) groups is 1. The first-order valence-corrected chi connectivity index (χ1v) is 10.3. The Balaban J connectivity index is 1.91. The molecule has 2 rings (SSSR count). The molecule has 0 saturated carbocycles. The predicted molar refractivity (Wildman–Crippen MR) is 91.5 cm³/mol. The number of nitrogens with zero attached hydrogens (tertiary/aromatic N) is 2. The summed E-state index contributed by atoms with van der Waals surface area (Å²) in [5.41, 5.74) is 2.50. The highest BCUT2D eigenvalue weighted by molar-refractivity contribution is 9.10. The summed E-state index contributed by atoms with van der Waals surface area (Å²) >= 11 is 4.85. The van der Waals surface area contributed by atoms with Crippen molar-refractivity contribution in [1.82, 2.24) is 9.73 Å². The lowest BCUT2D eigenvalue weighted by atomic mass is 9.99. The van der Waals surface area contributed by atoms with Crippen LogP contribution in [0.4, 0.5) is 0 Å². The van der Waals surface area contributed by atoms with E-state index in [1.807, 2.05) is 11.4 Å². The van der Waals surface area contributed by atoms with E-state index in [1.165, 1.54) is 15.6 Å². The fourth-order valence-electron chi connectivity index (χ4n) is 2.24. The van der Waals surface area contributed by atoms with Crippen molar-refractivity contribution in [3.63, 3.8) is 0 Å². The highest BCUT2D eigenvalue weighted by Gasteiger charge is 2.31. The molecule has 6 nitrogen and oxygen atoms in total. The summed E-state index contributed by atoms with van der Waals surface area (Å²) in [6.07, 6.45) is 2.96. The van der Waals surface area contributed by atoms with Crippen LogP contribution < -0.4 is 5.43 Å². The fourth-order valence-corrected chi connectivity index (χ4v) is 4.72. The van der Waals surface area contributed by atoms with E-state index < -0.39 is 10.0 Å². The topological polar surface area (TPSA) is 78.8 Å². The van der Waals surface area contributed by atoms with Gasteiger partial charge in [0.15, 0.2) is 0 Å². The number of halogens is 1. The zero-order chi connectivity index (χ0) is 16.2. The minimum Gasteiger partial charge on any atom is -0.273 e. The molecule has 0 aromatic carbocycles. The molecule has 0 aliphatic carbocycles. The van der Waals surface area contributed by atoms with Crippen LogP contribution >= 0.6 is 27.3 Å². The van der Waals surface area contributed by atoms with Gasteiger partial charge in [-0.15, -0.1) is 11.3 Å². The van der Waals surface area contributed by atoms with Gasteiger partial charge in [0.25, 0.3) is 0 Å². The molecule has 1 aromatic heterocycles. The molecule has 1 amide bonds. The summed E-state index contributed by atoms with van der Waals surface area (Å²) in [6, 6.07) is 1.90. The van der Waals surface area contributed by atoms with Crippen molar-refractivity contribution >= 4 is 49.4 Å². The van der Waals surface area contributed by atoms with Gasteiger partial charge in [0, 0.05) is 27.8 Å². The van der Waals surface area contributed by atoms with Crippen molar-refractivity contribution in [3.8, 4) is 0 Å². The quantitative estimate of drug-likeness (QED) is 0.598. The largest absolute Gasteiger partial charge is 0.273 e. The second-order valence-corrected chi connectivity index (χ2v) is 9.12. The van der Waals surface area contributed by atoms with Gasteiger partial charge in [0.05, 0.1) is 17.9 Å². The van der Waals surface area contributed by atoms with Crippen LogP contribution in [0, 0.1) is 5.92 Å². The third-order valence-electron chi connectivity index (χ3n) is 3.47. The Labute approximate surface area is 142 Å². The number of rotatable bonds is 5. The molecule has 0 unspecified atom stereocenters. The molecular weight excluding hydrogens is 390 g/mol. The Morgan fingerprint density at radius 1 is 1.64 bits per heavy atom. The Morgan fingerprint density at radius 3 is 3.05 bits per heavy atom. The number of amides is 1. The smallest absolute Gasteiger partial charge is 0.244 e. The molecular formula is C13H18BrN3O3S2. The number of sulfonamides is 1. The maximum absolute atomic E-state index is 12.1. The zero-order valence-electron chi connectivity index (χ0n) is 12.2. The lowest BCUT2D eigenvalue weighted by molar-refractivity contribution is -0.126. The molecule has 1 aliphatic heterocycles. The van der Waals surface area contributed by atoms with E-state index in [0.29, 0.717) is 19.4 Å². The van der Waals surface area contributed by atoms with Gasteiger partial charge in [0.2, 0.25) is 15.9 Å². The molecule has 1 N–H and O–H groups in total. The predicted octanol–water partition coefficient (Wildman–Crippen LogP) is 2.02. The Kier molecular flexibility index (Phi) is 6.13. The van der Waals surface area contributed by atoms with Gasteiger partial charge in [-0.25, -0.2) is 18.1 Å². The van der Waals surface area contributed by atoms with Crippen molar-refractivity contribution in [1.29, 1.82) is 0 Å². The highest BCUT2D eigenvalue weighted by Crippen LogP contribution is 2.20. The molecule has 0 radical (unpaired) electrons. The normalized spacial score (nSPS) is 20.4. The first kappa shape index (κ1) is 17.6. The molecule has 9 heteroatoms. The molecule has 0 spiro atoms. The van der Waals surface area contributed by atoms with Crippen LogP contribution in [0.15, 0.2) is 21.0 Å². The summed E-state index contributed by atoms with van der Waals surface area (Å²) in [5, 5.41) is 5.86. The van der Waals surface area contributed by atoms with Crippen molar-refractivity contribution in [3.05, 3.63) is 20.8 Å². The maximum Gasteiger partial charge on any atom is 0.244 e. The number of nitrogens with one attached hydrogen (secondary N) is 1. The molecule has 1 aliphatic rings. The second kappa shape index (κ2) is 7.67. The van der Waals surface area contributed by atoms with E-state index in [-0.39, 0.29) is 24.1 Å². The van der Waals surface area contributed by atoms with Crippen molar-refractivity contribution in [2.75, 3.05) is 18.8 Å². The van der Waals surface area contributed by atoms with Crippen LogP contribution in [0.25, 0.3) is 0 Å². The number of hydrazone groups is 1. The van der Waals surface area contributed by atoms with Gasteiger partial charge in [-0.2, -0.15) is 5.10 Å². The van der Waals surface area contributed by atoms with Gasteiger partial charge < -0.3 is 0 Å². The van der Waals surface area contributed by atoms with Crippen LogP contribution in [0.3, 0.4) is 0 Å². The van der Waals surface area contributed by atoms with Crippen molar-refractivity contribution in [2.24, 2.45) is 11.0 Å². The third-order valence-corrected chi connectivity index (χ3v) is 6.94. The SMILES string of the molecule is CCS(=O)(=O)N1CCC[C@H](C(=O)N/N=C\c2cc(Br)cs2)C1. The maximum atomic E-state index is 12.1. The molecule has 2 heterocycles. The average molecular weight is 408 g/mol. The molecule has 122 valence electrons. The van der Waals surface area contributed by atoms with Crippen LogP contribution in [0.2, 0.25) is 0 Å². The van der Waals surface area contributed by atoms with Crippen LogP contribution in [0.1, 0.15) is 24.6 Å². The van der Waals surface area contributed by atoms with Gasteiger partial charge >= 0.3 is 0 Å². The molecule has 1 aromatic rings. The summed E-state index contributed by atoms with van der Waals surface area (Å²) in [7, 11) is -3.24. The van der Waals surface area contributed by atoms with Crippen molar-refractivity contribution in [2.45, 2.75) is 19.8 Å². The molecule has 1 atom stereocenters. The zero-order valence-corrected chi connectivity index (χ0v) is 15.4. The third kappa shape index (κ3) is 4.61. The summed E-state index contributed by atoms with van der Waals surface area (Å²) in [5.74, 6) is -0.516. The summed E-state index contributed by atoms with van der Waals surface area (Å²) < 4.78 is 26.1. The summed E-state index contributed by atoms with van der Waals surface area (Å²) in [6.45, 7) is 2.34. The van der Waals surface area contributed by atoms with E-state index in [1.54, 1.807) is 13.1 Å². The Hall–Kier alpha value is -0.770. The van der Waals surface area contributed by atoms with E-state index in [2.05, 4.69) is 26.5 Å². The molecule has 1 fully saturated rings. The highest BCUT2D eigenvalue weighted by atomic mass is 79.9. The Morgan fingerprint density at radius 2 is 2.41 bits per heavy atom. The summed E-state index contributed by atoms with van der Waals surface area (Å²) in [4.78, 5) is 13.0. The minimum atomic E-state index is -3.24. The van der Waals surface area contributed by atoms with Crippen LogP contribution in [-0.2, 0) is 14.8 Å². The van der Waals surface area contributed by atoms with E-state index in [4.69, 9.17) is 0 Å². The number of carbonyl (C=O) groups excluding carboxylic acids is 1. The first-order chi connectivity index (χ1) is 10.4. The van der Waals surface area contributed by atoms with E-state index in [0.717, 1.165) is 9.35 Å². The van der Waals surface area contributed by atoms with Gasteiger partial charge in [0.1, 0.15) is 0 Å². The second-order valence-electron chi connectivity index (χ2n) is 5.00. The number of hydrogen-bond donors (Lipinski definition) is 1. The van der Waals surface area contributed by atoms with E-state index >= 15 is 0 Å². The van der Waals surface area contributed by atoms with E-state index in [9.17, 15) is 13.2 Å². The number of hydrogen-bond acceptors (Lipinski definition) is 5. The lowest BCUT2D eigenvalue weighted by Crippen LogP contribution is -2.45. The Bertz CT molecular complexity index is 657. The number of thiophene rings is 1. The van der Waals surface area contributed by atoms with Gasteiger partial charge in [-0.1, -0.05) is 0 Å². The van der Waals surface area contributed by atoms with Crippen LogP contribution in [-0.4, -0.2) is 43.7 Å². The monoisotopic (exact) mass is 407 g/mol. The lowest BCUT2D eigenvalue weighted by Gasteiger charge is -2.30.